The van der Waals surface area contributed by atoms with E-state index in [0.717, 1.165) is 23.0 Å². The molecule has 0 radical (unpaired) electrons. The Labute approximate surface area is 142 Å². The second-order valence-electron chi connectivity index (χ2n) is 5.91. The lowest BCUT2D eigenvalue weighted by molar-refractivity contribution is 0.409. The van der Waals surface area contributed by atoms with Crippen molar-refractivity contribution >= 4 is 17.4 Å². The van der Waals surface area contributed by atoms with Crippen LogP contribution < -0.4 is 10.1 Å². The highest BCUT2D eigenvalue weighted by Crippen LogP contribution is 2.30. The number of benzene rings is 1. The Hall–Kier alpha value is -1.68. The van der Waals surface area contributed by atoms with E-state index >= 15 is 0 Å². The topological polar surface area (TPSA) is 34.1 Å². The number of pyridine rings is 1. The molecule has 2 aromatic rings. The molecule has 1 aliphatic rings. The molecule has 1 aromatic heterocycles. The summed E-state index contributed by atoms with van der Waals surface area (Å²) in [6.07, 6.45) is 10.2. The minimum atomic E-state index is 0.760. The summed E-state index contributed by atoms with van der Waals surface area (Å²) in [4.78, 5) is 4.40. The number of aromatic nitrogens is 1. The maximum Gasteiger partial charge on any atom is 0.124 e. The SMILES string of the molecule is COc1cc2c(cc1CNc1cccnc1SC)CCCCC2. The standard InChI is InChI=1S/C19H24N2OS/c1-22-18-12-15-8-5-3-4-7-14(15)11-16(18)13-21-17-9-6-10-20-19(17)23-2/h6,9-12,21H,3-5,7-8,13H2,1-2H3. The number of nitrogens with zero attached hydrogens (tertiary/aromatic N) is 1. The van der Waals surface area contributed by atoms with E-state index in [1.165, 1.54) is 48.8 Å². The van der Waals surface area contributed by atoms with Gasteiger partial charge in [-0.05, 0) is 61.3 Å². The zero-order valence-corrected chi connectivity index (χ0v) is 14.7. The van der Waals surface area contributed by atoms with Gasteiger partial charge in [-0.15, -0.1) is 11.8 Å². The normalized spacial score (nSPS) is 14.0. The van der Waals surface area contributed by atoms with E-state index < -0.39 is 0 Å². The molecule has 1 heterocycles. The maximum atomic E-state index is 5.64. The van der Waals surface area contributed by atoms with Crippen molar-refractivity contribution in [2.75, 3.05) is 18.7 Å². The lowest BCUT2D eigenvalue weighted by Crippen LogP contribution is -2.05. The summed E-state index contributed by atoms with van der Waals surface area (Å²) in [5.74, 6) is 0.993. The third kappa shape index (κ3) is 3.81. The van der Waals surface area contributed by atoms with Gasteiger partial charge in [0.1, 0.15) is 10.8 Å². The molecule has 1 aliphatic carbocycles. The third-order valence-corrected chi connectivity index (χ3v) is 5.14. The number of nitrogens with one attached hydrogen (secondary N) is 1. The van der Waals surface area contributed by atoms with Crippen molar-refractivity contribution in [3.8, 4) is 5.75 Å². The highest BCUT2D eigenvalue weighted by molar-refractivity contribution is 7.98. The first-order chi connectivity index (χ1) is 11.3. The molecule has 122 valence electrons. The monoisotopic (exact) mass is 328 g/mol. The van der Waals surface area contributed by atoms with Crippen LogP contribution in [0.25, 0.3) is 0 Å². The van der Waals surface area contributed by atoms with Crippen LogP contribution in [0, 0.1) is 0 Å². The number of fused-ring (bicyclic) bond motifs is 1. The van der Waals surface area contributed by atoms with Gasteiger partial charge in [-0.2, -0.15) is 0 Å². The van der Waals surface area contributed by atoms with Crippen molar-refractivity contribution in [1.82, 2.24) is 4.98 Å². The summed E-state index contributed by atoms with van der Waals surface area (Å²) < 4.78 is 5.64. The highest BCUT2D eigenvalue weighted by atomic mass is 32.2. The van der Waals surface area contributed by atoms with E-state index in [2.05, 4.69) is 34.8 Å². The molecular weight excluding hydrogens is 304 g/mol. The molecule has 23 heavy (non-hydrogen) atoms. The zero-order chi connectivity index (χ0) is 16.1. The molecule has 0 saturated carbocycles. The fraction of sp³-hybridized carbons (Fsp3) is 0.421. The molecule has 0 spiro atoms. The minimum absolute atomic E-state index is 0.760. The van der Waals surface area contributed by atoms with Crippen molar-refractivity contribution in [2.24, 2.45) is 0 Å². The molecule has 0 aliphatic heterocycles. The summed E-state index contributed by atoms with van der Waals surface area (Å²) in [7, 11) is 1.76. The Bertz CT molecular complexity index is 672. The van der Waals surface area contributed by atoms with E-state index in [1.54, 1.807) is 18.9 Å². The molecule has 4 heteroatoms. The van der Waals surface area contributed by atoms with Crippen molar-refractivity contribution in [1.29, 1.82) is 0 Å². The Morgan fingerprint density at radius 1 is 1.17 bits per heavy atom. The summed E-state index contributed by atoms with van der Waals surface area (Å²) in [5, 5.41) is 4.54. The summed E-state index contributed by atoms with van der Waals surface area (Å²) in [6.45, 7) is 0.760. The van der Waals surface area contributed by atoms with Crippen molar-refractivity contribution in [2.45, 2.75) is 43.7 Å². The van der Waals surface area contributed by atoms with Gasteiger partial charge in [-0.25, -0.2) is 4.98 Å². The smallest absolute Gasteiger partial charge is 0.124 e. The Kier molecular flexibility index (Phi) is 5.44. The first-order valence-electron chi connectivity index (χ1n) is 8.23. The van der Waals surface area contributed by atoms with E-state index in [1.807, 2.05) is 12.3 Å². The predicted octanol–water partition coefficient (Wildman–Crippen LogP) is 4.69. The molecule has 0 amide bonds. The number of anilines is 1. The lowest BCUT2D eigenvalue weighted by atomic mass is 9.99. The number of aryl methyl sites for hydroxylation is 2. The Morgan fingerprint density at radius 3 is 2.70 bits per heavy atom. The van der Waals surface area contributed by atoms with Crippen molar-refractivity contribution in [3.05, 3.63) is 47.2 Å². The molecule has 3 rings (SSSR count). The first-order valence-corrected chi connectivity index (χ1v) is 9.46. The van der Waals surface area contributed by atoms with Gasteiger partial charge < -0.3 is 10.1 Å². The molecule has 0 atom stereocenters. The van der Waals surface area contributed by atoms with Gasteiger partial charge in [0.2, 0.25) is 0 Å². The van der Waals surface area contributed by atoms with Crippen LogP contribution in [0.2, 0.25) is 0 Å². The second kappa shape index (κ2) is 7.73. The maximum absolute atomic E-state index is 5.64. The van der Waals surface area contributed by atoms with Gasteiger partial charge in [0.05, 0.1) is 12.8 Å². The first kappa shape index (κ1) is 16.2. The van der Waals surface area contributed by atoms with E-state index in [4.69, 9.17) is 4.74 Å². The van der Waals surface area contributed by atoms with Crippen LogP contribution in [-0.2, 0) is 19.4 Å². The van der Waals surface area contributed by atoms with Crippen molar-refractivity contribution in [3.63, 3.8) is 0 Å². The van der Waals surface area contributed by atoms with Crippen LogP contribution in [-0.4, -0.2) is 18.3 Å². The van der Waals surface area contributed by atoms with Crippen molar-refractivity contribution < 1.29 is 4.74 Å². The molecule has 0 fully saturated rings. The van der Waals surface area contributed by atoms with Gasteiger partial charge in [0.15, 0.2) is 0 Å². The quantitative estimate of drug-likeness (QED) is 0.637. The minimum Gasteiger partial charge on any atom is -0.496 e. The number of rotatable bonds is 5. The lowest BCUT2D eigenvalue weighted by Gasteiger charge is -2.16. The van der Waals surface area contributed by atoms with Crippen LogP contribution in [0.5, 0.6) is 5.75 Å². The summed E-state index contributed by atoms with van der Waals surface area (Å²) in [5.41, 5.74) is 5.27. The van der Waals surface area contributed by atoms with Crippen LogP contribution in [0.3, 0.4) is 0 Å². The van der Waals surface area contributed by atoms with Crippen LogP contribution in [0.15, 0.2) is 35.5 Å². The van der Waals surface area contributed by atoms with Crippen LogP contribution in [0.4, 0.5) is 5.69 Å². The molecule has 0 bridgehead atoms. The van der Waals surface area contributed by atoms with Gasteiger partial charge in [0, 0.05) is 18.3 Å². The molecule has 1 N–H and O–H groups in total. The largest absolute Gasteiger partial charge is 0.496 e. The second-order valence-corrected chi connectivity index (χ2v) is 6.70. The number of thioether (sulfide) groups is 1. The van der Waals surface area contributed by atoms with E-state index in [0.29, 0.717) is 0 Å². The highest BCUT2D eigenvalue weighted by Gasteiger charge is 2.13. The zero-order valence-electron chi connectivity index (χ0n) is 13.9. The van der Waals surface area contributed by atoms with Crippen LogP contribution in [0.1, 0.15) is 36.0 Å². The number of methoxy groups -OCH3 is 1. The van der Waals surface area contributed by atoms with Gasteiger partial charge in [-0.1, -0.05) is 12.5 Å². The summed E-state index contributed by atoms with van der Waals surface area (Å²) in [6, 6.07) is 8.63. The Morgan fingerprint density at radius 2 is 1.96 bits per heavy atom. The molecular formula is C19H24N2OS. The van der Waals surface area contributed by atoms with E-state index in [9.17, 15) is 0 Å². The van der Waals surface area contributed by atoms with E-state index in [-0.39, 0.29) is 0 Å². The van der Waals surface area contributed by atoms with Crippen LogP contribution >= 0.6 is 11.8 Å². The average molecular weight is 328 g/mol. The number of ether oxygens (including phenoxy) is 1. The summed E-state index contributed by atoms with van der Waals surface area (Å²) >= 11 is 1.66. The number of hydrogen-bond donors (Lipinski definition) is 1. The average Bonchev–Trinajstić information content (AvgIpc) is 2.83. The molecule has 0 unspecified atom stereocenters. The predicted molar refractivity (Wildman–Crippen MR) is 97.6 cm³/mol. The fourth-order valence-electron chi connectivity index (χ4n) is 3.20. The fourth-order valence-corrected chi connectivity index (χ4v) is 3.72. The van der Waals surface area contributed by atoms with Gasteiger partial charge in [-0.3, -0.25) is 0 Å². The number of hydrogen-bond acceptors (Lipinski definition) is 4. The van der Waals surface area contributed by atoms with Gasteiger partial charge in [0.25, 0.3) is 0 Å². The Balaban J connectivity index is 1.83. The molecule has 0 saturated heterocycles. The van der Waals surface area contributed by atoms with Gasteiger partial charge >= 0.3 is 0 Å². The molecule has 3 nitrogen and oxygen atoms in total. The molecule has 1 aromatic carbocycles. The third-order valence-electron chi connectivity index (χ3n) is 4.43.